The Bertz CT molecular complexity index is 2020. The van der Waals surface area contributed by atoms with E-state index in [0.717, 1.165) is 41.9 Å². The van der Waals surface area contributed by atoms with Gasteiger partial charge in [0.2, 0.25) is 5.69 Å². The van der Waals surface area contributed by atoms with Crippen LogP contribution in [0.3, 0.4) is 0 Å². The molecule has 1 atom stereocenters. The molecule has 0 fully saturated rings. The summed E-state index contributed by atoms with van der Waals surface area (Å²) in [4.78, 5) is 13.0. The zero-order valence-electron chi connectivity index (χ0n) is 28.2. The lowest BCUT2D eigenvalue weighted by Gasteiger charge is -2.27. The smallest absolute Gasteiger partial charge is 0.303 e. The van der Waals surface area contributed by atoms with Crippen LogP contribution in [0.1, 0.15) is 81.4 Å². The number of halogens is 2. The molecule has 4 rings (SSSR count). The number of carboxylic acid groups (broad SMARTS) is 1. The van der Waals surface area contributed by atoms with Gasteiger partial charge in [0.1, 0.15) is 7.05 Å². The number of hydrogen-bond acceptors (Lipinski definition) is 7. The highest BCUT2D eigenvalue weighted by Gasteiger charge is 2.47. The van der Waals surface area contributed by atoms with Crippen LogP contribution >= 0.6 is 45.2 Å². The second kappa shape index (κ2) is 16.5. The highest BCUT2D eigenvalue weighted by Crippen LogP contribution is 2.53. The molecule has 0 radical (unpaired) electrons. The number of rotatable bonds is 16. The minimum absolute atomic E-state index is 0.0853. The summed E-state index contributed by atoms with van der Waals surface area (Å²) in [5, 5.41) is 9.17. The van der Waals surface area contributed by atoms with Crippen LogP contribution in [0.2, 0.25) is 0 Å². The monoisotopic (exact) mass is 948 g/mol. The standard InChI is InChI=1S/C36H42I2N2O8S2/c1-5-6-7-8-11-16-31-36(2,3)28-23-25(50(46,47)48)22-27(35(28)40(31)18-13-14-19-49(43,44)45)34-26(15-10-9-12-17-32(41)42)33-29(38)20-24(37)21-30(33)39(34)4/h5-8,11,16,20-23,26H,1,9-10,12-15,17-19H2,2-4H3,(H2-,41,42,43,44,45,46,47,48). The first-order valence-electron chi connectivity index (χ1n) is 16.2. The van der Waals surface area contributed by atoms with Crippen molar-refractivity contribution in [2.75, 3.05) is 24.2 Å². The summed E-state index contributed by atoms with van der Waals surface area (Å²) >= 11 is 4.61. The van der Waals surface area contributed by atoms with E-state index >= 15 is 0 Å². The zero-order chi connectivity index (χ0) is 37.0. The maximum Gasteiger partial charge on any atom is 0.303 e. The van der Waals surface area contributed by atoms with E-state index in [9.17, 15) is 35.8 Å². The van der Waals surface area contributed by atoms with Gasteiger partial charge in [-0.3, -0.25) is 9.35 Å². The van der Waals surface area contributed by atoms with E-state index in [4.69, 9.17) is 0 Å². The van der Waals surface area contributed by atoms with Crippen molar-refractivity contribution in [1.29, 1.82) is 0 Å². The molecule has 0 saturated carbocycles. The van der Waals surface area contributed by atoms with Crippen molar-refractivity contribution in [3.8, 4) is 0 Å². The van der Waals surface area contributed by atoms with Gasteiger partial charge in [-0.1, -0.05) is 63.6 Å². The molecule has 2 aliphatic heterocycles. The molecular formula is C36H42I2N2O8S2. The second-order valence-corrected chi connectivity index (χ2v) is 18.3. The molecule has 0 spiro atoms. The summed E-state index contributed by atoms with van der Waals surface area (Å²) in [6.45, 7) is 8.01. The van der Waals surface area contributed by atoms with E-state index in [1.165, 1.54) is 12.1 Å². The third-order valence-electron chi connectivity index (χ3n) is 9.14. The van der Waals surface area contributed by atoms with E-state index in [2.05, 4.69) is 73.4 Å². The fraction of sp³-hybridized carbons (Fsp3) is 0.389. The molecule has 2 aromatic carbocycles. The van der Waals surface area contributed by atoms with Crippen LogP contribution in [-0.4, -0.2) is 66.6 Å². The molecule has 0 aromatic heterocycles. The average molecular weight is 949 g/mol. The number of carbonyl (C=O) groups is 1. The van der Waals surface area contributed by atoms with Crippen LogP contribution in [-0.2, 0) is 30.4 Å². The molecule has 2 N–H and O–H groups in total. The molecule has 14 heteroatoms. The van der Waals surface area contributed by atoms with Gasteiger partial charge in [-0.2, -0.15) is 13.0 Å². The number of hydrogen-bond donors (Lipinski definition) is 2. The summed E-state index contributed by atoms with van der Waals surface area (Å²) in [7, 11) is -7.09. The molecule has 270 valence electrons. The summed E-state index contributed by atoms with van der Waals surface area (Å²) < 4.78 is 74.7. The van der Waals surface area contributed by atoms with Crippen molar-refractivity contribution >= 4 is 88.5 Å². The number of fused-ring (bicyclic) bond motifs is 2. The Morgan fingerprint density at radius 3 is 2.36 bits per heavy atom. The summed E-state index contributed by atoms with van der Waals surface area (Å²) in [5.41, 5.74) is 5.09. The van der Waals surface area contributed by atoms with E-state index < -0.39 is 37.4 Å². The third kappa shape index (κ3) is 9.34. The number of aliphatic carboxylic acids is 1. The molecule has 0 bridgehead atoms. The number of nitrogens with zero attached hydrogens (tertiary/aromatic N) is 2. The minimum Gasteiger partial charge on any atom is -0.748 e. The number of allylic oxidation sites excluding steroid dienone is 7. The first-order valence-corrected chi connectivity index (χ1v) is 21.4. The van der Waals surface area contributed by atoms with E-state index in [-0.39, 0.29) is 23.7 Å². The van der Waals surface area contributed by atoms with E-state index in [1.807, 2.05) is 45.2 Å². The molecule has 0 amide bonds. The molecule has 0 saturated heterocycles. The van der Waals surface area contributed by atoms with Gasteiger partial charge in [-0.25, -0.2) is 8.42 Å². The van der Waals surface area contributed by atoms with E-state index in [1.54, 1.807) is 12.2 Å². The first kappa shape index (κ1) is 40.4. The van der Waals surface area contributed by atoms with Gasteiger partial charge in [0, 0.05) is 43.0 Å². The normalized spacial score (nSPS) is 18.1. The topological polar surface area (TPSA) is 155 Å². The van der Waals surface area contributed by atoms with Crippen LogP contribution in [0.4, 0.5) is 11.4 Å². The van der Waals surface area contributed by atoms with Crippen LogP contribution in [0.25, 0.3) is 0 Å². The third-order valence-corrected chi connectivity index (χ3v) is 12.3. The highest BCUT2D eigenvalue weighted by molar-refractivity contribution is 14.1. The van der Waals surface area contributed by atoms with Gasteiger partial charge in [0.05, 0.1) is 37.7 Å². The van der Waals surface area contributed by atoms with Gasteiger partial charge >= 0.3 is 5.97 Å². The molecule has 0 aliphatic carbocycles. The Kier molecular flexibility index (Phi) is 13.4. The molecule has 2 heterocycles. The number of carboxylic acids is 1. The zero-order valence-corrected chi connectivity index (χ0v) is 34.2. The van der Waals surface area contributed by atoms with Crippen molar-refractivity contribution in [2.24, 2.45) is 0 Å². The number of anilines is 1. The summed E-state index contributed by atoms with van der Waals surface area (Å²) in [6.07, 6.45) is 14.2. The van der Waals surface area contributed by atoms with Gasteiger partial charge < -0.3 is 14.6 Å². The van der Waals surface area contributed by atoms with Crippen molar-refractivity contribution in [3.05, 3.63) is 96.8 Å². The number of unbranched alkanes of at least 4 members (excludes halogenated alkanes) is 3. The van der Waals surface area contributed by atoms with Crippen molar-refractivity contribution in [1.82, 2.24) is 0 Å². The fourth-order valence-corrected chi connectivity index (χ4v) is 10.2. The number of benzene rings is 2. The minimum atomic E-state index is -4.64. The highest BCUT2D eigenvalue weighted by atomic mass is 127. The van der Waals surface area contributed by atoms with Crippen molar-refractivity contribution < 1.29 is 40.4 Å². The average Bonchev–Trinajstić information content (AvgIpc) is 3.40. The molecule has 2 aromatic rings. The second-order valence-electron chi connectivity index (χ2n) is 13.0. The first-order chi connectivity index (χ1) is 23.4. The maximum absolute atomic E-state index is 12.9. The summed E-state index contributed by atoms with van der Waals surface area (Å²) in [6, 6.07) is 7.23. The Morgan fingerprint density at radius 1 is 1.02 bits per heavy atom. The predicted molar refractivity (Wildman–Crippen MR) is 212 cm³/mol. The molecule has 10 nitrogen and oxygen atoms in total. The largest absolute Gasteiger partial charge is 0.748 e. The lowest BCUT2D eigenvalue weighted by molar-refractivity contribution is -0.401. The van der Waals surface area contributed by atoms with E-state index in [0.29, 0.717) is 43.4 Å². The van der Waals surface area contributed by atoms with Gasteiger partial charge in [-0.15, -0.1) is 0 Å². The van der Waals surface area contributed by atoms with Gasteiger partial charge in [0.15, 0.2) is 5.71 Å². The molecule has 50 heavy (non-hydrogen) atoms. The lowest BCUT2D eigenvalue weighted by atomic mass is 9.81. The van der Waals surface area contributed by atoms with Crippen molar-refractivity contribution in [3.63, 3.8) is 0 Å². The maximum atomic E-state index is 12.9. The van der Waals surface area contributed by atoms with Crippen molar-refractivity contribution in [2.45, 2.75) is 75.0 Å². The van der Waals surface area contributed by atoms with Crippen LogP contribution in [0.15, 0.2) is 77.9 Å². The van der Waals surface area contributed by atoms with Crippen LogP contribution < -0.4 is 4.90 Å². The quantitative estimate of drug-likeness (QED) is 0.0568. The Balaban J connectivity index is 1.98. The van der Waals surface area contributed by atoms with Gasteiger partial charge in [0.25, 0.3) is 10.1 Å². The Morgan fingerprint density at radius 2 is 1.72 bits per heavy atom. The summed E-state index contributed by atoms with van der Waals surface area (Å²) in [5.74, 6) is -1.50. The van der Waals surface area contributed by atoms with Crippen LogP contribution in [0, 0.1) is 7.14 Å². The molecule has 2 aliphatic rings. The van der Waals surface area contributed by atoms with Gasteiger partial charge in [-0.05, 0) is 101 Å². The SMILES string of the molecule is C=CC=CC=CC=C1N(CCCCS(=O)(=O)[O-])c2c(C3=[N+](C)c4cc(I)cc(I)c4C3CCCCCC(=O)O)cc(S(=O)(=O)O)cc2C1(C)C. The van der Waals surface area contributed by atoms with Crippen LogP contribution in [0.5, 0.6) is 0 Å². The molecule has 1 unspecified atom stereocenters. The molecular weight excluding hydrogens is 906 g/mol. The predicted octanol–water partition coefficient (Wildman–Crippen LogP) is 7.64. The Hall–Kier alpha value is -2.38. The Labute approximate surface area is 322 Å². The lowest BCUT2D eigenvalue weighted by Crippen LogP contribution is -2.28. The fourth-order valence-electron chi connectivity index (χ4n) is 6.89.